The highest BCUT2D eigenvalue weighted by atomic mass is 31.1. The summed E-state index contributed by atoms with van der Waals surface area (Å²) >= 11 is 0. The molecule has 1 aromatic carbocycles. The van der Waals surface area contributed by atoms with Crippen LogP contribution in [-0.4, -0.2) is 6.66 Å². The van der Waals surface area contributed by atoms with Gasteiger partial charge in [-0.05, 0) is 43.6 Å². The van der Waals surface area contributed by atoms with Gasteiger partial charge in [0.05, 0.1) is 8.81 Å². The fourth-order valence-electron chi connectivity index (χ4n) is 1.44. The van der Waals surface area contributed by atoms with Gasteiger partial charge in [0.1, 0.15) is 5.75 Å². The minimum absolute atomic E-state index is 0.533. The lowest BCUT2D eigenvalue weighted by Gasteiger charge is -2.10. The van der Waals surface area contributed by atoms with Crippen molar-refractivity contribution in [2.24, 2.45) is 0 Å². The van der Waals surface area contributed by atoms with Crippen LogP contribution in [0.25, 0.3) is 0 Å². The Morgan fingerprint density at radius 1 is 1.36 bits per heavy atom. The molecule has 0 radical (unpaired) electrons. The highest BCUT2D eigenvalue weighted by Gasteiger charge is 2.02. The summed E-state index contributed by atoms with van der Waals surface area (Å²) < 4.78 is 5.64. The van der Waals surface area contributed by atoms with Gasteiger partial charge in [-0.3, -0.25) is 0 Å². The van der Waals surface area contributed by atoms with Crippen molar-refractivity contribution in [2.45, 2.75) is 33.1 Å². The molecule has 0 fully saturated rings. The average Bonchev–Trinajstić information content (AvgIpc) is 2.17. The minimum Gasteiger partial charge on any atom is -0.477 e. The Bertz CT molecular complexity index is 284. The van der Waals surface area contributed by atoms with Gasteiger partial charge >= 0.3 is 0 Å². The van der Waals surface area contributed by atoms with Crippen molar-refractivity contribution in [3.63, 3.8) is 0 Å². The van der Waals surface area contributed by atoms with Crippen molar-refractivity contribution in [1.82, 2.24) is 0 Å². The van der Waals surface area contributed by atoms with Gasteiger partial charge in [0.2, 0.25) is 0 Å². The van der Waals surface area contributed by atoms with Crippen LogP contribution in [0.15, 0.2) is 18.2 Å². The number of rotatable bonds is 5. The molecule has 0 amide bonds. The van der Waals surface area contributed by atoms with E-state index in [9.17, 15) is 0 Å². The largest absolute Gasteiger partial charge is 0.477 e. The number of aryl methyl sites for hydroxylation is 2. The second-order valence-electron chi connectivity index (χ2n) is 3.52. The molecule has 0 bridgehead atoms. The van der Waals surface area contributed by atoms with Crippen molar-refractivity contribution in [3.8, 4) is 5.75 Å². The Kier molecular flexibility index (Phi) is 4.97. The molecule has 0 saturated heterocycles. The summed E-state index contributed by atoms with van der Waals surface area (Å²) in [5, 5.41) is 0. The van der Waals surface area contributed by atoms with Gasteiger partial charge < -0.3 is 4.52 Å². The van der Waals surface area contributed by atoms with Crippen LogP contribution < -0.4 is 4.52 Å². The van der Waals surface area contributed by atoms with Crippen LogP contribution in [0.4, 0.5) is 0 Å². The Morgan fingerprint density at radius 2 is 2.14 bits per heavy atom. The lowest BCUT2D eigenvalue weighted by Crippen LogP contribution is -1.90. The number of benzene rings is 1. The van der Waals surface area contributed by atoms with E-state index in [1.807, 2.05) is 0 Å². The Hall–Kier alpha value is -0.550. The molecule has 0 saturated carbocycles. The van der Waals surface area contributed by atoms with E-state index in [2.05, 4.69) is 38.7 Å². The van der Waals surface area contributed by atoms with Crippen LogP contribution >= 0.6 is 8.81 Å². The van der Waals surface area contributed by atoms with E-state index in [-0.39, 0.29) is 0 Å². The second-order valence-corrected chi connectivity index (χ2v) is 4.13. The molecule has 0 heterocycles. The highest BCUT2D eigenvalue weighted by Crippen LogP contribution is 2.26. The molecule has 1 rings (SSSR count). The lowest BCUT2D eigenvalue weighted by molar-refractivity contribution is 0.617. The van der Waals surface area contributed by atoms with Crippen LogP contribution in [0.2, 0.25) is 0 Å². The van der Waals surface area contributed by atoms with Crippen LogP contribution in [0.3, 0.4) is 0 Å². The maximum Gasteiger partial charge on any atom is 0.126 e. The third-order valence-electron chi connectivity index (χ3n) is 2.23. The van der Waals surface area contributed by atoms with Gasteiger partial charge in [0.15, 0.2) is 0 Å². The first-order valence-corrected chi connectivity index (χ1v) is 6.62. The van der Waals surface area contributed by atoms with Crippen LogP contribution in [0.5, 0.6) is 5.75 Å². The minimum atomic E-state index is 0.533. The maximum absolute atomic E-state index is 5.64. The van der Waals surface area contributed by atoms with Crippen molar-refractivity contribution in [1.29, 1.82) is 0 Å². The first-order valence-electron chi connectivity index (χ1n) is 5.21. The first kappa shape index (κ1) is 11.5. The molecule has 1 atom stereocenters. The van der Waals surface area contributed by atoms with E-state index >= 15 is 0 Å². The summed E-state index contributed by atoms with van der Waals surface area (Å²) in [5.41, 5.74) is 2.63. The molecule has 0 N–H and O–H groups in total. The van der Waals surface area contributed by atoms with E-state index in [1.165, 1.54) is 24.0 Å². The summed E-state index contributed by atoms with van der Waals surface area (Å²) in [6.07, 6.45) is 3.62. The summed E-state index contributed by atoms with van der Waals surface area (Å²) in [7, 11) is 0.533. The van der Waals surface area contributed by atoms with E-state index < -0.39 is 0 Å². The second kappa shape index (κ2) is 6.03. The summed E-state index contributed by atoms with van der Waals surface area (Å²) in [4.78, 5) is 0. The molecule has 0 aliphatic rings. The SMILES string of the molecule is CCCCc1ccc(C)cc1OPC. The molecule has 14 heavy (non-hydrogen) atoms. The lowest BCUT2D eigenvalue weighted by atomic mass is 10.1. The van der Waals surface area contributed by atoms with E-state index in [0.717, 1.165) is 12.2 Å². The first-order chi connectivity index (χ1) is 6.77. The normalized spacial score (nSPS) is 11.1. The Morgan fingerprint density at radius 3 is 2.79 bits per heavy atom. The molecular formula is C12H19OP. The van der Waals surface area contributed by atoms with Crippen molar-refractivity contribution >= 4 is 8.81 Å². The van der Waals surface area contributed by atoms with Gasteiger partial charge in [-0.2, -0.15) is 0 Å². The van der Waals surface area contributed by atoms with Gasteiger partial charge in [-0.15, -0.1) is 0 Å². The molecule has 0 aromatic heterocycles. The highest BCUT2D eigenvalue weighted by molar-refractivity contribution is 7.31. The predicted molar refractivity (Wildman–Crippen MR) is 64.7 cm³/mol. The van der Waals surface area contributed by atoms with E-state index in [1.54, 1.807) is 0 Å². The van der Waals surface area contributed by atoms with Crippen LogP contribution in [-0.2, 0) is 6.42 Å². The van der Waals surface area contributed by atoms with Crippen molar-refractivity contribution in [2.75, 3.05) is 6.66 Å². The molecule has 2 heteroatoms. The average molecular weight is 210 g/mol. The topological polar surface area (TPSA) is 9.23 Å². The standard InChI is InChI=1S/C12H19OP/c1-4-5-6-11-8-7-10(2)9-12(11)13-14-3/h7-9,14H,4-6H2,1-3H3. The molecule has 0 aliphatic carbocycles. The van der Waals surface area contributed by atoms with Gasteiger partial charge in [0.25, 0.3) is 0 Å². The zero-order valence-corrected chi connectivity index (χ0v) is 10.3. The number of unbranched alkanes of at least 4 members (excludes halogenated alkanes) is 1. The third kappa shape index (κ3) is 3.31. The van der Waals surface area contributed by atoms with Crippen molar-refractivity contribution in [3.05, 3.63) is 29.3 Å². The summed E-state index contributed by atoms with van der Waals surface area (Å²) in [5.74, 6) is 1.08. The Balaban J connectivity index is 2.78. The predicted octanol–water partition coefficient (Wildman–Crippen LogP) is 3.94. The van der Waals surface area contributed by atoms with Gasteiger partial charge in [0, 0.05) is 0 Å². The van der Waals surface area contributed by atoms with Gasteiger partial charge in [-0.1, -0.05) is 25.5 Å². The third-order valence-corrected chi connectivity index (χ3v) is 2.66. The molecule has 1 aromatic rings. The number of hydrogen-bond acceptors (Lipinski definition) is 1. The molecule has 0 aliphatic heterocycles. The summed E-state index contributed by atoms with van der Waals surface area (Å²) in [6.45, 7) is 6.39. The summed E-state index contributed by atoms with van der Waals surface area (Å²) in [6, 6.07) is 6.50. The molecule has 1 unspecified atom stereocenters. The molecule has 0 spiro atoms. The van der Waals surface area contributed by atoms with E-state index in [0.29, 0.717) is 8.81 Å². The molecular weight excluding hydrogens is 191 g/mol. The zero-order valence-electron chi connectivity index (χ0n) is 9.26. The smallest absolute Gasteiger partial charge is 0.126 e. The zero-order chi connectivity index (χ0) is 10.4. The quantitative estimate of drug-likeness (QED) is 0.669. The van der Waals surface area contributed by atoms with Crippen molar-refractivity contribution < 1.29 is 4.52 Å². The monoisotopic (exact) mass is 210 g/mol. The molecule has 78 valence electrons. The van der Waals surface area contributed by atoms with Gasteiger partial charge in [-0.25, -0.2) is 0 Å². The Labute approximate surface area is 88.7 Å². The van der Waals surface area contributed by atoms with E-state index in [4.69, 9.17) is 4.52 Å². The van der Waals surface area contributed by atoms with Crippen LogP contribution in [0, 0.1) is 6.92 Å². The maximum atomic E-state index is 5.64. The molecule has 1 nitrogen and oxygen atoms in total. The number of hydrogen-bond donors (Lipinski definition) is 0. The fraction of sp³-hybridized carbons (Fsp3) is 0.500. The fourth-order valence-corrected chi connectivity index (χ4v) is 1.85. The van der Waals surface area contributed by atoms with Crippen LogP contribution in [0.1, 0.15) is 30.9 Å².